The summed E-state index contributed by atoms with van der Waals surface area (Å²) in [7, 11) is 3.56. The van der Waals surface area contributed by atoms with E-state index in [2.05, 4.69) is 5.32 Å². The van der Waals surface area contributed by atoms with Gasteiger partial charge in [0.2, 0.25) is 5.91 Å². The monoisotopic (exact) mass is 230 g/mol. The second kappa shape index (κ2) is 4.80. The van der Waals surface area contributed by atoms with Gasteiger partial charge in [-0.25, -0.2) is 0 Å². The normalized spacial score (nSPS) is 29.4. The molecule has 0 aromatic rings. The minimum atomic E-state index is -1.03. The Hall–Kier alpha value is -1.14. The minimum Gasteiger partial charge on any atom is -0.481 e. The summed E-state index contributed by atoms with van der Waals surface area (Å²) in [6, 6.07) is -0.461. The van der Waals surface area contributed by atoms with E-state index in [-0.39, 0.29) is 25.7 Å². The number of ether oxygens (including phenoxy) is 1. The molecule has 6 nitrogen and oxygen atoms in total. The van der Waals surface area contributed by atoms with Crippen LogP contribution >= 0.6 is 0 Å². The molecule has 1 aliphatic heterocycles. The predicted molar refractivity (Wildman–Crippen MR) is 57.0 cm³/mol. The molecule has 1 aliphatic rings. The second-order valence-electron chi connectivity index (χ2n) is 4.60. The number of nitrogens with zero attached hydrogens (tertiary/aromatic N) is 1. The number of likely N-dealkylation sites (N-methyl/N-ethyl adjacent to an activating group) is 1. The van der Waals surface area contributed by atoms with E-state index in [1.165, 1.54) is 0 Å². The standard InChI is InChI=1S/C10H18N2O4/c1-10(9(14)15)6-16-5-7(10)11-8(13)4-12(2)3/h7H,4-6H2,1-3H3,(H,11,13)(H,14,15). The summed E-state index contributed by atoms with van der Waals surface area (Å²) in [6.07, 6.45) is 0. The van der Waals surface area contributed by atoms with Crippen molar-refractivity contribution in [3.63, 3.8) is 0 Å². The van der Waals surface area contributed by atoms with E-state index in [9.17, 15) is 9.59 Å². The number of carbonyl (C=O) groups is 2. The minimum absolute atomic E-state index is 0.134. The molecular weight excluding hydrogens is 212 g/mol. The van der Waals surface area contributed by atoms with Crippen molar-refractivity contribution >= 4 is 11.9 Å². The van der Waals surface area contributed by atoms with Gasteiger partial charge in [0.15, 0.2) is 0 Å². The highest BCUT2D eigenvalue weighted by atomic mass is 16.5. The van der Waals surface area contributed by atoms with Crippen LogP contribution in [0.3, 0.4) is 0 Å². The lowest BCUT2D eigenvalue weighted by Crippen LogP contribution is -2.51. The molecule has 0 spiro atoms. The highest BCUT2D eigenvalue weighted by Crippen LogP contribution is 2.28. The molecule has 2 atom stereocenters. The van der Waals surface area contributed by atoms with E-state index in [1.807, 2.05) is 0 Å². The maximum absolute atomic E-state index is 11.5. The van der Waals surface area contributed by atoms with Crippen LogP contribution in [-0.4, -0.2) is 61.8 Å². The fraction of sp³-hybridized carbons (Fsp3) is 0.800. The van der Waals surface area contributed by atoms with Crippen molar-refractivity contribution in [2.24, 2.45) is 5.41 Å². The Morgan fingerprint density at radius 3 is 2.69 bits per heavy atom. The van der Waals surface area contributed by atoms with Crippen molar-refractivity contribution in [1.29, 1.82) is 0 Å². The summed E-state index contributed by atoms with van der Waals surface area (Å²) in [5, 5.41) is 11.8. The topological polar surface area (TPSA) is 78.9 Å². The molecule has 2 unspecified atom stereocenters. The van der Waals surface area contributed by atoms with Gasteiger partial charge in [0.05, 0.1) is 25.8 Å². The first-order valence-corrected chi connectivity index (χ1v) is 5.11. The summed E-state index contributed by atoms with van der Waals surface area (Å²) < 4.78 is 5.13. The van der Waals surface area contributed by atoms with E-state index >= 15 is 0 Å². The molecule has 0 radical (unpaired) electrons. The average Bonchev–Trinajstić information content (AvgIpc) is 2.47. The first-order valence-electron chi connectivity index (χ1n) is 5.11. The van der Waals surface area contributed by atoms with Crippen LogP contribution in [0.2, 0.25) is 0 Å². The van der Waals surface area contributed by atoms with Crippen LogP contribution < -0.4 is 5.32 Å². The maximum Gasteiger partial charge on any atom is 0.313 e. The van der Waals surface area contributed by atoms with Gasteiger partial charge < -0.3 is 20.1 Å². The van der Waals surface area contributed by atoms with Gasteiger partial charge in [0, 0.05) is 0 Å². The third-order valence-electron chi connectivity index (χ3n) is 2.74. The number of carboxylic acid groups (broad SMARTS) is 1. The zero-order valence-corrected chi connectivity index (χ0v) is 9.82. The lowest BCUT2D eigenvalue weighted by molar-refractivity contribution is -0.149. The van der Waals surface area contributed by atoms with Crippen LogP contribution in [0.25, 0.3) is 0 Å². The van der Waals surface area contributed by atoms with E-state index in [0.29, 0.717) is 0 Å². The molecule has 0 bridgehead atoms. The van der Waals surface area contributed by atoms with Crippen molar-refractivity contribution in [3.8, 4) is 0 Å². The van der Waals surface area contributed by atoms with Gasteiger partial charge in [-0.2, -0.15) is 0 Å². The first-order chi connectivity index (χ1) is 7.36. The van der Waals surface area contributed by atoms with Crippen molar-refractivity contribution in [1.82, 2.24) is 10.2 Å². The molecule has 1 rings (SSSR count). The molecule has 2 N–H and O–H groups in total. The fourth-order valence-corrected chi connectivity index (χ4v) is 1.61. The van der Waals surface area contributed by atoms with E-state index < -0.39 is 17.4 Å². The van der Waals surface area contributed by atoms with Crippen LogP contribution in [0.1, 0.15) is 6.92 Å². The van der Waals surface area contributed by atoms with Gasteiger partial charge >= 0.3 is 5.97 Å². The number of hydrogen-bond acceptors (Lipinski definition) is 4. The van der Waals surface area contributed by atoms with Crippen molar-refractivity contribution in [2.75, 3.05) is 33.9 Å². The van der Waals surface area contributed by atoms with Crippen LogP contribution in [-0.2, 0) is 14.3 Å². The molecular formula is C10H18N2O4. The Bertz CT molecular complexity index is 293. The number of carboxylic acids is 1. The molecule has 92 valence electrons. The van der Waals surface area contributed by atoms with Crippen molar-refractivity contribution in [3.05, 3.63) is 0 Å². The van der Waals surface area contributed by atoms with Crippen LogP contribution in [0, 0.1) is 5.41 Å². The zero-order valence-electron chi connectivity index (χ0n) is 9.82. The average molecular weight is 230 g/mol. The van der Waals surface area contributed by atoms with Crippen LogP contribution in [0.15, 0.2) is 0 Å². The molecule has 0 aromatic carbocycles. The van der Waals surface area contributed by atoms with Gasteiger partial charge in [-0.3, -0.25) is 9.59 Å². The largest absolute Gasteiger partial charge is 0.481 e. The van der Waals surface area contributed by atoms with Crippen LogP contribution in [0.4, 0.5) is 0 Å². The molecule has 0 saturated carbocycles. The van der Waals surface area contributed by atoms with E-state index in [1.54, 1.807) is 25.9 Å². The summed E-state index contributed by atoms with van der Waals surface area (Å²) in [5.74, 6) is -1.13. The number of amides is 1. The molecule has 1 saturated heterocycles. The highest BCUT2D eigenvalue weighted by Gasteiger charge is 2.47. The summed E-state index contributed by atoms with van der Waals surface area (Å²) in [5.41, 5.74) is -1.03. The maximum atomic E-state index is 11.5. The zero-order chi connectivity index (χ0) is 12.3. The van der Waals surface area contributed by atoms with Gasteiger partial charge in [0.1, 0.15) is 5.41 Å². The first kappa shape index (κ1) is 12.9. The number of rotatable bonds is 4. The lowest BCUT2D eigenvalue weighted by Gasteiger charge is -2.25. The Balaban J connectivity index is 2.60. The fourth-order valence-electron chi connectivity index (χ4n) is 1.61. The number of hydrogen-bond donors (Lipinski definition) is 2. The molecule has 6 heteroatoms. The summed E-state index contributed by atoms with van der Waals surface area (Å²) in [6.45, 7) is 2.21. The van der Waals surface area contributed by atoms with Crippen LogP contribution in [0.5, 0.6) is 0 Å². The summed E-state index contributed by atoms with van der Waals surface area (Å²) >= 11 is 0. The van der Waals surface area contributed by atoms with Gasteiger partial charge in [-0.1, -0.05) is 0 Å². The van der Waals surface area contributed by atoms with Crippen molar-refractivity contribution < 1.29 is 19.4 Å². The Kier molecular flexibility index (Phi) is 3.88. The third kappa shape index (κ3) is 2.70. The molecule has 1 fully saturated rings. The molecule has 1 amide bonds. The third-order valence-corrected chi connectivity index (χ3v) is 2.74. The molecule has 0 aliphatic carbocycles. The number of aliphatic carboxylic acids is 1. The molecule has 1 heterocycles. The van der Waals surface area contributed by atoms with Gasteiger partial charge in [-0.05, 0) is 21.0 Å². The lowest BCUT2D eigenvalue weighted by atomic mass is 9.85. The summed E-state index contributed by atoms with van der Waals surface area (Å²) in [4.78, 5) is 24.3. The number of carbonyl (C=O) groups excluding carboxylic acids is 1. The SMILES string of the molecule is CN(C)CC(=O)NC1COCC1(C)C(=O)O. The predicted octanol–water partition coefficient (Wildman–Crippen LogP) is -0.846. The van der Waals surface area contributed by atoms with Gasteiger partial charge in [0.25, 0.3) is 0 Å². The number of nitrogens with one attached hydrogen (secondary N) is 1. The molecule has 16 heavy (non-hydrogen) atoms. The smallest absolute Gasteiger partial charge is 0.313 e. The Morgan fingerprint density at radius 1 is 1.56 bits per heavy atom. The molecule has 0 aromatic heterocycles. The van der Waals surface area contributed by atoms with E-state index in [4.69, 9.17) is 9.84 Å². The second-order valence-corrected chi connectivity index (χ2v) is 4.60. The highest BCUT2D eigenvalue weighted by molar-refractivity contribution is 5.81. The Morgan fingerprint density at radius 2 is 2.19 bits per heavy atom. The van der Waals surface area contributed by atoms with E-state index in [0.717, 1.165) is 0 Å². The van der Waals surface area contributed by atoms with Gasteiger partial charge in [-0.15, -0.1) is 0 Å². The van der Waals surface area contributed by atoms with Crippen molar-refractivity contribution in [2.45, 2.75) is 13.0 Å². The quantitative estimate of drug-likeness (QED) is 0.658. The Labute approximate surface area is 94.6 Å².